The topological polar surface area (TPSA) is 86.7 Å². The first-order valence-corrected chi connectivity index (χ1v) is 9.73. The number of amides is 3. The molecule has 1 heterocycles. The molecule has 8 heteroatoms. The molecule has 1 unspecified atom stereocenters. The lowest BCUT2D eigenvalue weighted by Crippen LogP contribution is -2.45. The fraction of sp³-hybridized carbons (Fsp3) is 0.190. The Labute approximate surface area is 171 Å². The summed E-state index contributed by atoms with van der Waals surface area (Å²) in [6.07, 6.45) is 1.71. The number of aliphatic hydroxyl groups excluding tert-OH is 1. The number of nitrogens with one attached hydrogen (secondary N) is 1. The molecule has 29 heavy (non-hydrogen) atoms. The fourth-order valence-electron chi connectivity index (χ4n) is 2.85. The minimum Gasteiger partial charge on any atom is -0.394 e. The molecule has 1 saturated heterocycles. The molecule has 2 N–H and O–H groups in total. The number of rotatable bonds is 7. The monoisotopic (exact) mass is 414 g/mol. The summed E-state index contributed by atoms with van der Waals surface area (Å²) >= 11 is 0.657. The Balaban J connectivity index is 1.63. The van der Waals surface area contributed by atoms with Crippen LogP contribution in [-0.4, -0.2) is 46.3 Å². The van der Waals surface area contributed by atoms with E-state index in [-0.39, 0.29) is 17.1 Å². The van der Waals surface area contributed by atoms with Gasteiger partial charge in [-0.05, 0) is 35.9 Å². The van der Waals surface area contributed by atoms with Crippen LogP contribution in [0.25, 0.3) is 6.08 Å². The third-order valence-corrected chi connectivity index (χ3v) is 5.18. The van der Waals surface area contributed by atoms with Gasteiger partial charge in [-0.2, -0.15) is 0 Å². The van der Waals surface area contributed by atoms with Gasteiger partial charge in [0, 0.05) is 5.56 Å². The SMILES string of the molecule is O=C(CN1C(=O)S/C(=C\c2ccccc2F)C1=O)NC(CO)Cc1ccccc1. The average molecular weight is 414 g/mol. The number of carbonyl (C=O) groups excluding carboxylic acids is 3. The Morgan fingerprint density at radius 2 is 1.83 bits per heavy atom. The largest absolute Gasteiger partial charge is 0.394 e. The Morgan fingerprint density at radius 1 is 1.14 bits per heavy atom. The molecule has 3 rings (SSSR count). The van der Waals surface area contributed by atoms with Gasteiger partial charge in [-0.1, -0.05) is 48.5 Å². The van der Waals surface area contributed by atoms with Gasteiger partial charge in [0.1, 0.15) is 12.4 Å². The van der Waals surface area contributed by atoms with E-state index in [2.05, 4.69) is 5.32 Å². The molecule has 1 aliphatic rings. The summed E-state index contributed by atoms with van der Waals surface area (Å²) < 4.78 is 13.8. The lowest BCUT2D eigenvalue weighted by Gasteiger charge is -2.18. The molecule has 6 nitrogen and oxygen atoms in total. The molecular weight excluding hydrogens is 395 g/mol. The van der Waals surface area contributed by atoms with E-state index in [1.165, 1.54) is 24.3 Å². The van der Waals surface area contributed by atoms with Crippen LogP contribution in [0.5, 0.6) is 0 Å². The van der Waals surface area contributed by atoms with Gasteiger partial charge in [-0.25, -0.2) is 4.39 Å². The van der Waals surface area contributed by atoms with Crippen LogP contribution in [0.1, 0.15) is 11.1 Å². The predicted molar refractivity (Wildman–Crippen MR) is 108 cm³/mol. The van der Waals surface area contributed by atoms with Crippen molar-refractivity contribution in [2.45, 2.75) is 12.5 Å². The van der Waals surface area contributed by atoms with Gasteiger partial charge in [-0.15, -0.1) is 0 Å². The molecule has 2 aromatic carbocycles. The molecular formula is C21H19FN2O4S. The Kier molecular flexibility index (Phi) is 6.79. The molecule has 0 saturated carbocycles. The zero-order valence-corrected chi connectivity index (χ0v) is 16.2. The van der Waals surface area contributed by atoms with Gasteiger partial charge >= 0.3 is 0 Å². The number of nitrogens with zero attached hydrogens (tertiary/aromatic N) is 1. The first-order chi connectivity index (χ1) is 14.0. The number of hydrogen-bond donors (Lipinski definition) is 2. The van der Waals surface area contributed by atoms with Crippen LogP contribution in [-0.2, 0) is 16.0 Å². The van der Waals surface area contributed by atoms with E-state index in [1.54, 1.807) is 6.07 Å². The van der Waals surface area contributed by atoms with Crippen LogP contribution in [0, 0.1) is 5.82 Å². The van der Waals surface area contributed by atoms with Gasteiger partial charge in [-0.3, -0.25) is 19.3 Å². The molecule has 0 radical (unpaired) electrons. The highest BCUT2D eigenvalue weighted by molar-refractivity contribution is 8.18. The fourth-order valence-corrected chi connectivity index (χ4v) is 3.68. The Bertz CT molecular complexity index is 949. The number of imide groups is 1. The van der Waals surface area contributed by atoms with Crippen LogP contribution in [0.2, 0.25) is 0 Å². The second-order valence-corrected chi connectivity index (χ2v) is 7.42. The molecule has 0 aromatic heterocycles. The van der Waals surface area contributed by atoms with Crippen molar-refractivity contribution in [1.82, 2.24) is 10.2 Å². The lowest BCUT2D eigenvalue weighted by atomic mass is 10.1. The molecule has 1 atom stereocenters. The number of halogens is 1. The van der Waals surface area contributed by atoms with Crippen LogP contribution in [0.3, 0.4) is 0 Å². The zero-order chi connectivity index (χ0) is 20.8. The summed E-state index contributed by atoms with van der Waals surface area (Å²) in [7, 11) is 0. The molecule has 0 bridgehead atoms. The highest BCUT2D eigenvalue weighted by Gasteiger charge is 2.36. The third-order valence-electron chi connectivity index (χ3n) is 4.28. The van der Waals surface area contributed by atoms with Gasteiger partial charge in [0.25, 0.3) is 11.1 Å². The summed E-state index contributed by atoms with van der Waals surface area (Å²) in [5, 5.41) is 11.6. The number of aliphatic hydroxyl groups is 1. The van der Waals surface area contributed by atoms with Crippen LogP contribution in [0.4, 0.5) is 9.18 Å². The Morgan fingerprint density at radius 3 is 2.52 bits per heavy atom. The van der Waals surface area contributed by atoms with Gasteiger partial charge in [0.2, 0.25) is 5.91 Å². The highest BCUT2D eigenvalue weighted by atomic mass is 32.2. The summed E-state index contributed by atoms with van der Waals surface area (Å²) in [6, 6.07) is 14.7. The van der Waals surface area contributed by atoms with Crippen LogP contribution in [0.15, 0.2) is 59.5 Å². The maximum atomic E-state index is 13.8. The number of thioether (sulfide) groups is 1. The molecule has 1 fully saturated rings. The quantitative estimate of drug-likeness (QED) is 0.680. The summed E-state index contributed by atoms with van der Waals surface area (Å²) in [4.78, 5) is 37.8. The molecule has 1 aliphatic heterocycles. The van der Waals surface area contributed by atoms with E-state index in [9.17, 15) is 23.9 Å². The predicted octanol–water partition coefficient (Wildman–Crippen LogP) is 2.58. The molecule has 0 aliphatic carbocycles. The minimum absolute atomic E-state index is 0.0518. The van der Waals surface area contributed by atoms with Gasteiger partial charge in [0.05, 0.1) is 17.6 Å². The summed E-state index contributed by atoms with van der Waals surface area (Å²) in [6.45, 7) is -0.750. The second kappa shape index (κ2) is 9.49. The summed E-state index contributed by atoms with van der Waals surface area (Å²) in [5.41, 5.74) is 1.12. The highest BCUT2D eigenvalue weighted by Crippen LogP contribution is 2.32. The maximum absolute atomic E-state index is 13.8. The van der Waals surface area contributed by atoms with Crippen molar-refractivity contribution in [3.63, 3.8) is 0 Å². The average Bonchev–Trinajstić information content (AvgIpc) is 2.97. The van der Waals surface area contributed by atoms with Crippen molar-refractivity contribution in [3.05, 3.63) is 76.4 Å². The molecule has 3 amide bonds. The van der Waals surface area contributed by atoms with E-state index < -0.39 is 35.5 Å². The van der Waals surface area contributed by atoms with E-state index in [4.69, 9.17) is 0 Å². The van der Waals surface area contributed by atoms with E-state index >= 15 is 0 Å². The molecule has 2 aromatic rings. The third kappa shape index (κ3) is 5.30. The van der Waals surface area contributed by atoms with Crippen LogP contribution < -0.4 is 5.32 Å². The minimum atomic E-state index is -0.651. The van der Waals surface area contributed by atoms with Crippen molar-refractivity contribution in [3.8, 4) is 0 Å². The summed E-state index contributed by atoms with van der Waals surface area (Å²) in [5.74, 6) is -1.72. The lowest BCUT2D eigenvalue weighted by molar-refractivity contribution is -0.129. The van der Waals surface area contributed by atoms with Gasteiger partial charge in [0.15, 0.2) is 0 Å². The molecule has 150 valence electrons. The van der Waals surface area contributed by atoms with E-state index in [0.29, 0.717) is 18.2 Å². The van der Waals surface area contributed by atoms with Crippen molar-refractivity contribution in [2.75, 3.05) is 13.2 Å². The van der Waals surface area contributed by atoms with Crippen LogP contribution >= 0.6 is 11.8 Å². The first-order valence-electron chi connectivity index (χ1n) is 8.92. The van der Waals surface area contributed by atoms with Crippen molar-refractivity contribution in [1.29, 1.82) is 0 Å². The standard InChI is InChI=1S/C21H19FN2O4S/c22-17-9-5-4-8-15(17)11-18-20(27)24(21(28)29-18)12-19(26)23-16(13-25)10-14-6-2-1-3-7-14/h1-9,11,16,25H,10,12-13H2,(H,23,26)/b18-11-. The van der Waals surface area contributed by atoms with Crippen molar-refractivity contribution in [2.24, 2.45) is 0 Å². The number of benzene rings is 2. The normalized spacial score (nSPS) is 16.3. The maximum Gasteiger partial charge on any atom is 0.294 e. The van der Waals surface area contributed by atoms with Gasteiger partial charge < -0.3 is 10.4 Å². The first kappa shape index (κ1) is 20.8. The second-order valence-electron chi connectivity index (χ2n) is 6.43. The van der Waals surface area contributed by atoms with E-state index in [1.807, 2.05) is 30.3 Å². The number of hydrogen-bond acceptors (Lipinski definition) is 5. The zero-order valence-electron chi connectivity index (χ0n) is 15.4. The van der Waals surface area contributed by atoms with Crippen molar-refractivity contribution < 1.29 is 23.9 Å². The van der Waals surface area contributed by atoms with E-state index in [0.717, 1.165) is 10.5 Å². The number of carbonyl (C=O) groups is 3. The Hall–Kier alpha value is -2.97. The molecule has 0 spiro atoms. The van der Waals surface area contributed by atoms with Crippen molar-refractivity contribution >= 4 is 34.9 Å². The smallest absolute Gasteiger partial charge is 0.294 e.